The van der Waals surface area contributed by atoms with Crippen molar-refractivity contribution in [1.82, 2.24) is 9.88 Å². The number of aromatic amines is 1. The number of rotatable bonds is 10. The van der Waals surface area contributed by atoms with Gasteiger partial charge in [-0.25, -0.2) is 0 Å². The Morgan fingerprint density at radius 2 is 1.72 bits per heavy atom. The number of hydrogen-bond donors (Lipinski definition) is 3. The standard InChI is InChI=1S/C23H30N2O3Si/c1-18(2)29(27,28)14-12-19-7-9-20(10-8-19)16-25(17-26)13-11-21-15-24-23-6-4-3-5-22(21)23/h3-10,15,17-18,24,27-28H,11-14,16H2,1-2H3. The number of fused-ring (bicyclic) bond motifs is 1. The zero-order chi connectivity index (χ0) is 20.9. The van der Waals surface area contributed by atoms with Gasteiger partial charge in [-0.3, -0.25) is 4.79 Å². The Balaban J connectivity index is 1.54. The van der Waals surface area contributed by atoms with Crippen LogP contribution in [0.15, 0.2) is 54.7 Å². The maximum atomic E-state index is 11.5. The molecule has 3 N–H and O–H groups in total. The molecule has 0 radical (unpaired) electrons. The number of nitrogens with one attached hydrogen (secondary N) is 1. The molecule has 0 saturated heterocycles. The van der Waals surface area contributed by atoms with E-state index in [-0.39, 0.29) is 5.54 Å². The Morgan fingerprint density at radius 1 is 1.03 bits per heavy atom. The van der Waals surface area contributed by atoms with Crippen LogP contribution in [0.5, 0.6) is 0 Å². The van der Waals surface area contributed by atoms with Gasteiger partial charge in [-0.15, -0.1) is 0 Å². The summed E-state index contributed by atoms with van der Waals surface area (Å²) in [5.74, 6) is 0. The van der Waals surface area contributed by atoms with Crippen LogP contribution in [0.2, 0.25) is 11.6 Å². The van der Waals surface area contributed by atoms with Gasteiger partial charge in [-0.05, 0) is 47.2 Å². The average Bonchev–Trinajstić information content (AvgIpc) is 3.13. The van der Waals surface area contributed by atoms with Crippen molar-refractivity contribution in [3.63, 3.8) is 0 Å². The molecule has 1 heterocycles. The summed E-state index contributed by atoms with van der Waals surface area (Å²) >= 11 is 0. The molecule has 29 heavy (non-hydrogen) atoms. The molecule has 3 rings (SSSR count). The zero-order valence-corrected chi connectivity index (χ0v) is 18.1. The summed E-state index contributed by atoms with van der Waals surface area (Å²) in [4.78, 5) is 36.8. The molecule has 1 aromatic heterocycles. The Kier molecular flexibility index (Phi) is 6.90. The van der Waals surface area contributed by atoms with E-state index in [0.717, 1.165) is 29.5 Å². The number of H-pyrrole nitrogens is 1. The Bertz CT molecular complexity index is 935. The minimum absolute atomic E-state index is 0.0694. The lowest BCUT2D eigenvalue weighted by Gasteiger charge is -2.21. The number of aryl methyl sites for hydroxylation is 1. The maximum absolute atomic E-state index is 11.5. The topological polar surface area (TPSA) is 76.6 Å². The predicted octanol–water partition coefficient (Wildman–Crippen LogP) is 3.75. The Labute approximate surface area is 173 Å². The number of nitrogens with zero attached hydrogens (tertiary/aromatic N) is 1. The van der Waals surface area contributed by atoms with Crippen molar-refractivity contribution >= 4 is 25.9 Å². The number of amides is 1. The predicted molar refractivity (Wildman–Crippen MR) is 119 cm³/mol. The molecule has 1 amide bonds. The monoisotopic (exact) mass is 410 g/mol. The first-order valence-electron chi connectivity index (χ1n) is 10.2. The van der Waals surface area contributed by atoms with Crippen molar-refractivity contribution in [2.75, 3.05) is 6.54 Å². The van der Waals surface area contributed by atoms with Crippen molar-refractivity contribution in [1.29, 1.82) is 0 Å². The molecule has 0 fully saturated rings. The van der Waals surface area contributed by atoms with Gasteiger partial charge in [0.1, 0.15) is 0 Å². The largest absolute Gasteiger partial charge is 0.410 e. The van der Waals surface area contributed by atoms with Crippen molar-refractivity contribution in [3.8, 4) is 0 Å². The molecule has 0 saturated carbocycles. The van der Waals surface area contributed by atoms with Gasteiger partial charge in [0.25, 0.3) is 0 Å². The van der Waals surface area contributed by atoms with E-state index in [1.165, 1.54) is 10.9 Å². The van der Waals surface area contributed by atoms with Crippen LogP contribution in [-0.2, 0) is 24.2 Å². The van der Waals surface area contributed by atoms with E-state index in [0.29, 0.717) is 25.6 Å². The highest BCUT2D eigenvalue weighted by Crippen LogP contribution is 2.22. The van der Waals surface area contributed by atoms with Crippen LogP contribution in [0.3, 0.4) is 0 Å². The number of carbonyl (C=O) groups is 1. The zero-order valence-electron chi connectivity index (χ0n) is 17.1. The van der Waals surface area contributed by atoms with Crippen LogP contribution >= 0.6 is 0 Å². The molecule has 0 aliphatic carbocycles. The van der Waals surface area contributed by atoms with Gasteiger partial charge < -0.3 is 19.5 Å². The van der Waals surface area contributed by atoms with E-state index < -0.39 is 8.56 Å². The summed E-state index contributed by atoms with van der Waals surface area (Å²) in [5.41, 5.74) is 4.42. The van der Waals surface area contributed by atoms with Crippen LogP contribution in [0.1, 0.15) is 30.5 Å². The lowest BCUT2D eigenvalue weighted by molar-refractivity contribution is -0.118. The quantitative estimate of drug-likeness (QED) is 0.352. The van der Waals surface area contributed by atoms with Crippen LogP contribution in [0, 0.1) is 0 Å². The highest BCUT2D eigenvalue weighted by molar-refractivity contribution is 6.66. The van der Waals surface area contributed by atoms with E-state index in [4.69, 9.17) is 0 Å². The lowest BCUT2D eigenvalue weighted by Crippen LogP contribution is -2.38. The second-order valence-electron chi connectivity index (χ2n) is 8.04. The minimum atomic E-state index is -3.12. The van der Waals surface area contributed by atoms with Gasteiger partial charge in [0, 0.05) is 30.2 Å². The van der Waals surface area contributed by atoms with Crippen LogP contribution in [0.4, 0.5) is 0 Å². The van der Waals surface area contributed by atoms with Gasteiger partial charge in [0.2, 0.25) is 6.41 Å². The third kappa shape index (κ3) is 5.56. The second-order valence-corrected chi connectivity index (χ2v) is 11.4. The summed E-state index contributed by atoms with van der Waals surface area (Å²) < 4.78 is 0. The molecular weight excluding hydrogens is 380 g/mol. The second kappa shape index (κ2) is 9.39. The normalized spacial score (nSPS) is 11.9. The smallest absolute Gasteiger partial charge is 0.335 e. The molecule has 0 aliphatic heterocycles. The van der Waals surface area contributed by atoms with Crippen LogP contribution < -0.4 is 0 Å². The molecule has 0 spiro atoms. The van der Waals surface area contributed by atoms with Crippen molar-refractivity contribution in [2.45, 2.75) is 44.8 Å². The van der Waals surface area contributed by atoms with E-state index in [2.05, 4.69) is 17.1 Å². The molecule has 5 nitrogen and oxygen atoms in total. The Morgan fingerprint density at radius 3 is 2.41 bits per heavy atom. The lowest BCUT2D eigenvalue weighted by atomic mass is 10.1. The summed E-state index contributed by atoms with van der Waals surface area (Å²) in [6.07, 6.45) is 4.39. The number of carbonyl (C=O) groups excluding carboxylic acids is 1. The third-order valence-electron chi connectivity index (χ3n) is 5.61. The summed E-state index contributed by atoms with van der Waals surface area (Å²) in [7, 11) is -3.12. The van der Waals surface area contributed by atoms with Crippen LogP contribution in [0.25, 0.3) is 10.9 Å². The first-order valence-corrected chi connectivity index (χ1v) is 12.3. The van der Waals surface area contributed by atoms with Crippen molar-refractivity contribution < 1.29 is 14.4 Å². The fourth-order valence-corrected chi connectivity index (χ4v) is 4.67. The highest BCUT2D eigenvalue weighted by Gasteiger charge is 2.32. The van der Waals surface area contributed by atoms with E-state index in [1.807, 2.05) is 56.4 Å². The van der Waals surface area contributed by atoms with Crippen molar-refractivity contribution in [2.24, 2.45) is 0 Å². The maximum Gasteiger partial charge on any atom is 0.335 e. The highest BCUT2D eigenvalue weighted by atomic mass is 28.4. The number of hydrogen-bond acceptors (Lipinski definition) is 3. The molecular formula is C23H30N2O3Si. The average molecular weight is 411 g/mol. The van der Waals surface area contributed by atoms with E-state index in [1.54, 1.807) is 4.90 Å². The summed E-state index contributed by atoms with van der Waals surface area (Å²) in [6.45, 7) is 4.95. The first-order chi connectivity index (χ1) is 13.9. The number of benzene rings is 2. The molecule has 0 unspecified atom stereocenters. The van der Waals surface area contributed by atoms with Gasteiger partial charge in [-0.2, -0.15) is 0 Å². The number of para-hydroxylation sites is 1. The van der Waals surface area contributed by atoms with Crippen LogP contribution in [-0.4, -0.2) is 41.0 Å². The van der Waals surface area contributed by atoms with Gasteiger partial charge >= 0.3 is 8.56 Å². The SMILES string of the molecule is CC(C)[Si](O)(O)CCc1ccc(CN(C=O)CCc2c[nH]c3ccccc23)cc1. The Hall–Kier alpha value is -2.41. The summed E-state index contributed by atoms with van der Waals surface area (Å²) in [5, 5.41) is 1.21. The fraction of sp³-hybridized carbons (Fsp3) is 0.348. The third-order valence-corrected chi connectivity index (χ3v) is 8.44. The molecule has 154 valence electrons. The van der Waals surface area contributed by atoms with Gasteiger partial charge in [0.15, 0.2) is 0 Å². The summed E-state index contributed by atoms with van der Waals surface area (Å²) in [6, 6.07) is 16.7. The molecule has 3 aromatic rings. The molecule has 6 heteroatoms. The number of aromatic nitrogens is 1. The molecule has 0 atom stereocenters. The fourth-order valence-electron chi connectivity index (χ4n) is 3.43. The first kappa shape index (κ1) is 21.3. The van der Waals surface area contributed by atoms with E-state index in [9.17, 15) is 14.4 Å². The molecule has 0 aliphatic rings. The van der Waals surface area contributed by atoms with Crippen molar-refractivity contribution in [3.05, 3.63) is 71.4 Å². The minimum Gasteiger partial charge on any atom is -0.410 e. The molecule has 0 bridgehead atoms. The van der Waals surface area contributed by atoms with Gasteiger partial charge in [-0.1, -0.05) is 56.3 Å². The molecule has 2 aromatic carbocycles. The van der Waals surface area contributed by atoms with Gasteiger partial charge in [0.05, 0.1) is 0 Å². The van der Waals surface area contributed by atoms with E-state index >= 15 is 0 Å².